The van der Waals surface area contributed by atoms with Crippen LogP contribution in [0.25, 0.3) is 6.08 Å². The molecule has 0 radical (unpaired) electrons. The van der Waals surface area contributed by atoms with Crippen molar-refractivity contribution in [3.8, 4) is 0 Å². The van der Waals surface area contributed by atoms with E-state index in [9.17, 15) is 14.4 Å². The summed E-state index contributed by atoms with van der Waals surface area (Å²) in [4.78, 5) is 36.1. The van der Waals surface area contributed by atoms with E-state index in [1.54, 1.807) is 51.1 Å². The molecule has 0 heterocycles. The molecular weight excluding hydrogens is 382 g/mol. The topological polar surface area (TPSA) is 96.5 Å². The Morgan fingerprint density at radius 1 is 0.933 bits per heavy atom. The Hall–Kier alpha value is -3.61. The van der Waals surface area contributed by atoms with Crippen molar-refractivity contribution in [1.82, 2.24) is 5.32 Å². The molecule has 0 atom stereocenters. The maximum absolute atomic E-state index is 12.3. The second-order valence-electron chi connectivity index (χ2n) is 7.68. The molecule has 30 heavy (non-hydrogen) atoms. The number of carbonyl (C=O) groups is 3. The van der Waals surface area contributed by atoms with E-state index in [-0.39, 0.29) is 12.5 Å². The van der Waals surface area contributed by atoms with E-state index >= 15 is 0 Å². The standard InChI is InChI=1S/C23H27N3O4/c1-16-9-11-17(12-10-16)13-14-20(27)25-18-7-5-6-8-19(18)26-21(28)15-24-22(29)30-23(2,3)4/h5-14H,15H2,1-4H3,(H,24,29)(H,25,27)(H,26,28)/b14-13+. The maximum Gasteiger partial charge on any atom is 0.408 e. The molecule has 0 aliphatic rings. The lowest BCUT2D eigenvalue weighted by Gasteiger charge is -2.19. The number of rotatable bonds is 6. The third kappa shape index (κ3) is 8.18. The van der Waals surface area contributed by atoms with Crippen molar-refractivity contribution < 1.29 is 19.1 Å². The molecule has 158 valence electrons. The van der Waals surface area contributed by atoms with Gasteiger partial charge in [0.15, 0.2) is 0 Å². The summed E-state index contributed by atoms with van der Waals surface area (Å²) in [6.45, 7) is 6.94. The molecule has 0 aliphatic heterocycles. The Morgan fingerprint density at radius 3 is 2.13 bits per heavy atom. The fraction of sp³-hybridized carbons (Fsp3) is 0.261. The van der Waals surface area contributed by atoms with E-state index in [2.05, 4.69) is 16.0 Å². The number of carbonyl (C=O) groups excluding carboxylic acids is 3. The van der Waals surface area contributed by atoms with Gasteiger partial charge in [-0.3, -0.25) is 9.59 Å². The molecule has 2 rings (SSSR count). The van der Waals surface area contributed by atoms with Crippen molar-refractivity contribution in [2.75, 3.05) is 17.2 Å². The van der Waals surface area contributed by atoms with E-state index in [0.717, 1.165) is 11.1 Å². The van der Waals surface area contributed by atoms with Gasteiger partial charge in [0.1, 0.15) is 12.1 Å². The normalized spacial score (nSPS) is 11.1. The quantitative estimate of drug-likeness (QED) is 0.626. The summed E-state index contributed by atoms with van der Waals surface area (Å²) in [5.74, 6) is -0.776. The van der Waals surface area contributed by atoms with Crippen LogP contribution >= 0.6 is 0 Å². The van der Waals surface area contributed by atoms with Crippen molar-refractivity contribution in [1.29, 1.82) is 0 Å². The Balaban J connectivity index is 1.93. The molecule has 3 N–H and O–H groups in total. The second-order valence-corrected chi connectivity index (χ2v) is 7.68. The van der Waals surface area contributed by atoms with Crippen LogP contribution in [0.4, 0.5) is 16.2 Å². The van der Waals surface area contributed by atoms with Gasteiger partial charge in [0.25, 0.3) is 0 Å². The third-order valence-electron chi connectivity index (χ3n) is 3.76. The van der Waals surface area contributed by atoms with E-state index in [1.165, 1.54) is 6.08 Å². The predicted octanol–water partition coefficient (Wildman–Crippen LogP) is 4.11. The zero-order chi connectivity index (χ0) is 22.1. The number of amides is 3. The molecule has 2 aromatic carbocycles. The largest absolute Gasteiger partial charge is 0.444 e. The molecule has 0 aliphatic carbocycles. The van der Waals surface area contributed by atoms with Crippen LogP contribution in [-0.2, 0) is 14.3 Å². The van der Waals surface area contributed by atoms with Crippen molar-refractivity contribution in [2.45, 2.75) is 33.3 Å². The Labute approximate surface area is 176 Å². The first kappa shape index (κ1) is 22.7. The molecule has 7 heteroatoms. The van der Waals surface area contributed by atoms with Crippen molar-refractivity contribution in [3.63, 3.8) is 0 Å². The van der Waals surface area contributed by atoms with Gasteiger partial charge < -0.3 is 20.7 Å². The summed E-state index contributed by atoms with van der Waals surface area (Å²) in [6.07, 6.45) is 2.45. The summed E-state index contributed by atoms with van der Waals surface area (Å²) in [5, 5.41) is 7.80. The number of nitrogens with one attached hydrogen (secondary N) is 3. The number of hydrogen-bond acceptors (Lipinski definition) is 4. The minimum Gasteiger partial charge on any atom is -0.444 e. The number of aryl methyl sites for hydroxylation is 1. The van der Waals surface area contributed by atoms with Gasteiger partial charge in [-0.2, -0.15) is 0 Å². The zero-order valence-corrected chi connectivity index (χ0v) is 17.6. The highest BCUT2D eigenvalue weighted by Crippen LogP contribution is 2.21. The van der Waals surface area contributed by atoms with E-state index in [0.29, 0.717) is 11.4 Å². The lowest BCUT2D eigenvalue weighted by Crippen LogP contribution is -2.37. The molecule has 0 saturated carbocycles. The molecule has 0 bridgehead atoms. The van der Waals surface area contributed by atoms with Crippen LogP contribution in [0, 0.1) is 6.92 Å². The number of anilines is 2. The highest BCUT2D eigenvalue weighted by atomic mass is 16.6. The molecule has 0 aromatic heterocycles. The molecule has 0 unspecified atom stereocenters. The lowest BCUT2D eigenvalue weighted by molar-refractivity contribution is -0.115. The monoisotopic (exact) mass is 409 g/mol. The summed E-state index contributed by atoms with van der Waals surface area (Å²) in [7, 11) is 0. The van der Waals surface area contributed by atoms with E-state index in [1.807, 2.05) is 31.2 Å². The first-order valence-corrected chi connectivity index (χ1v) is 9.54. The molecule has 3 amide bonds. The summed E-state index contributed by atoms with van der Waals surface area (Å²) >= 11 is 0. The highest BCUT2D eigenvalue weighted by molar-refractivity contribution is 6.05. The summed E-state index contributed by atoms with van der Waals surface area (Å²) in [6, 6.07) is 14.6. The highest BCUT2D eigenvalue weighted by Gasteiger charge is 2.17. The first-order chi connectivity index (χ1) is 14.1. The number of alkyl carbamates (subject to hydrolysis) is 1. The molecule has 0 spiro atoms. The molecule has 2 aromatic rings. The summed E-state index contributed by atoms with van der Waals surface area (Å²) < 4.78 is 5.09. The van der Waals surface area contributed by atoms with Crippen LogP contribution in [0.2, 0.25) is 0 Å². The van der Waals surface area contributed by atoms with Gasteiger partial charge in [0.2, 0.25) is 11.8 Å². The van der Waals surface area contributed by atoms with Crippen LogP contribution in [-0.4, -0.2) is 30.1 Å². The van der Waals surface area contributed by atoms with Gasteiger partial charge in [-0.1, -0.05) is 42.0 Å². The van der Waals surface area contributed by atoms with Crippen LogP contribution in [0.15, 0.2) is 54.6 Å². The number of para-hydroxylation sites is 2. The molecular formula is C23H27N3O4. The van der Waals surface area contributed by atoms with Gasteiger partial charge in [-0.15, -0.1) is 0 Å². The van der Waals surface area contributed by atoms with Gasteiger partial charge in [-0.25, -0.2) is 4.79 Å². The van der Waals surface area contributed by atoms with Crippen molar-refractivity contribution >= 4 is 35.4 Å². The number of hydrogen-bond donors (Lipinski definition) is 3. The average molecular weight is 409 g/mol. The van der Waals surface area contributed by atoms with Crippen LogP contribution in [0.1, 0.15) is 31.9 Å². The smallest absolute Gasteiger partial charge is 0.408 e. The Kier molecular flexibility index (Phi) is 7.75. The lowest BCUT2D eigenvalue weighted by atomic mass is 10.1. The predicted molar refractivity (Wildman–Crippen MR) is 118 cm³/mol. The van der Waals surface area contributed by atoms with Gasteiger partial charge in [-0.05, 0) is 51.5 Å². The first-order valence-electron chi connectivity index (χ1n) is 9.54. The molecule has 7 nitrogen and oxygen atoms in total. The number of ether oxygens (including phenoxy) is 1. The molecule has 0 fully saturated rings. The minimum atomic E-state index is -0.680. The van der Waals surface area contributed by atoms with E-state index in [4.69, 9.17) is 4.74 Å². The minimum absolute atomic E-state index is 0.259. The number of benzene rings is 2. The second kappa shape index (κ2) is 10.2. The van der Waals surface area contributed by atoms with Gasteiger partial charge >= 0.3 is 6.09 Å². The third-order valence-corrected chi connectivity index (χ3v) is 3.76. The van der Waals surface area contributed by atoms with Crippen LogP contribution in [0.5, 0.6) is 0 Å². The van der Waals surface area contributed by atoms with Crippen molar-refractivity contribution in [3.05, 3.63) is 65.7 Å². The fourth-order valence-electron chi connectivity index (χ4n) is 2.39. The molecule has 0 saturated heterocycles. The van der Waals surface area contributed by atoms with Crippen molar-refractivity contribution in [2.24, 2.45) is 0 Å². The SMILES string of the molecule is Cc1ccc(/C=C/C(=O)Nc2ccccc2NC(=O)CNC(=O)OC(C)(C)C)cc1. The summed E-state index contributed by atoms with van der Waals surface area (Å²) in [5.41, 5.74) is 2.27. The fourth-order valence-corrected chi connectivity index (χ4v) is 2.39. The van der Waals surface area contributed by atoms with Gasteiger partial charge in [0, 0.05) is 6.08 Å². The van der Waals surface area contributed by atoms with Crippen LogP contribution in [0.3, 0.4) is 0 Å². The van der Waals surface area contributed by atoms with Crippen LogP contribution < -0.4 is 16.0 Å². The average Bonchev–Trinajstić information content (AvgIpc) is 2.66. The van der Waals surface area contributed by atoms with Gasteiger partial charge in [0.05, 0.1) is 11.4 Å². The maximum atomic E-state index is 12.3. The zero-order valence-electron chi connectivity index (χ0n) is 17.6. The van der Waals surface area contributed by atoms with E-state index < -0.39 is 17.6 Å². The Bertz CT molecular complexity index is 928. The Morgan fingerprint density at radius 2 is 1.53 bits per heavy atom.